The number of nitrogens with zero attached hydrogens (tertiary/aromatic N) is 1. The summed E-state index contributed by atoms with van der Waals surface area (Å²) in [7, 11) is 0. The zero-order valence-corrected chi connectivity index (χ0v) is 11.2. The van der Waals surface area contributed by atoms with E-state index in [9.17, 15) is 9.59 Å². The summed E-state index contributed by atoms with van der Waals surface area (Å²) in [5, 5.41) is 11.6. The van der Waals surface area contributed by atoms with Crippen LogP contribution in [0.1, 0.15) is 25.7 Å². The van der Waals surface area contributed by atoms with Crippen molar-refractivity contribution < 1.29 is 14.7 Å². The molecule has 0 spiro atoms. The number of hydrogen-bond acceptors (Lipinski definition) is 3. The van der Waals surface area contributed by atoms with Crippen LogP contribution in [0.5, 0.6) is 0 Å². The van der Waals surface area contributed by atoms with Crippen LogP contribution in [-0.4, -0.2) is 52.6 Å². The van der Waals surface area contributed by atoms with Crippen LogP contribution in [0.15, 0.2) is 0 Å². The van der Waals surface area contributed by atoms with Crippen molar-refractivity contribution in [2.75, 3.05) is 24.6 Å². The molecule has 1 heterocycles. The lowest BCUT2D eigenvalue weighted by Crippen LogP contribution is -2.44. The first kappa shape index (κ1) is 13.5. The highest BCUT2D eigenvalue weighted by molar-refractivity contribution is 7.99. The molecule has 2 aliphatic rings. The van der Waals surface area contributed by atoms with Gasteiger partial charge in [0.2, 0.25) is 0 Å². The van der Waals surface area contributed by atoms with Gasteiger partial charge in [-0.05, 0) is 36.7 Å². The van der Waals surface area contributed by atoms with Crippen molar-refractivity contribution in [3.05, 3.63) is 0 Å². The van der Waals surface area contributed by atoms with Crippen LogP contribution in [0.3, 0.4) is 0 Å². The van der Waals surface area contributed by atoms with E-state index >= 15 is 0 Å². The Labute approximate surface area is 111 Å². The molecule has 1 aliphatic carbocycles. The van der Waals surface area contributed by atoms with Gasteiger partial charge in [0, 0.05) is 19.1 Å². The minimum atomic E-state index is -0.847. The van der Waals surface area contributed by atoms with Crippen molar-refractivity contribution >= 4 is 23.8 Å². The standard InChI is InChI=1S/C12H20N2O3S/c15-11(16)3-5-14(10-1-2-10)12(17)13-7-9-4-6-18-8-9/h9-10H,1-8H2,(H,13,17)(H,15,16). The van der Waals surface area contributed by atoms with E-state index in [2.05, 4.69) is 5.32 Å². The third kappa shape index (κ3) is 4.08. The minimum Gasteiger partial charge on any atom is -0.481 e. The molecule has 18 heavy (non-hydrogen) atoms. The van der Waals surface area contributed by atoms with Gasteiger partial charge in [0.25, 0.3) is 0 Å². The topological polar surface area (TPSA) is 69.6 Å². The lowest BCUT2D eigenvalue weighted by Gasteiger charge is -2.23. The SMILES string of the molecule is O=C(O)CCN(C(=O)NCC1CCSC1)C1CC1. The Morgan fingerprint density at radius 1 is 1.33 bits per heavy atom. The Bertz CT molecular complexity index is 314. The Hall–Kier alpha value is -0.910. The van der Waals surface area contributed by atoms with E-state index in [1.165, 1.54) is 12.2 Å². The number of amides is 2. The van der Waals surface area contributed by atoms with Gasteiger partial charge in [0.1, 0.15) is 0 Å². The molecule has 1 unspecified atom stereocenters. The molecule has 1 saturated carbocycles. The Kier molecular flexibility index (Phi) is 4.74. The summed E-state index contributed by atoms with van der Waals surface area (Å²) in [5.74, 6) is 2.05. The quantitative estimate of drug-likeness (QED) is 0.766. The van der Waals surface area contributed by atoms with Crippen molar-refractivity contribution in [3.8, 4) is 0 Å². The predicted molar refractivity (Wildman–Crippen MR) is 70.8 cm³/mol. The second-order valence-corrected chi connectivity index (χ2v) is 6.13. The molecule has 2 fully saturated rings. The molecule has 6 heteroatoms. The molecule has 0 radical (unpaired) electrons. The largest absolute Gasteiger partial charge is 0.481 e. The minimum absolute atomic E-state index is 0.0310. The number of aliphatic carboxylic acids is 1. The number of carboxylic acids is 1. The number of urea groups is 1. The number of rotatable bonds is 6. The first-order valence-corrected chi connectivity index (χ1v) is 7.66. The van der Waals surface area contributed by atoms with Crippen LogP contribution < -0.4 is 5.32 Å². The second-order valence-electron chi connectivity index (χ2n) is 4.98. The zero-order valence-electron chi connectivity index (χ0n) is 10.4. The van der Waals surface area contributed by atoms with E-state index in [1.54, 1.807) is 4.90 Å². The van der Waals surface area contributed by atoms with E-state index in [-0.39, 0.29) is 18.5 Å². The summed E-state index contributed by atoms with van der Waals surface area (Å²) in [4.78, 5) is 24.3. The van der Waals surface area contributed by atoms with Crippen LogP contribution in [0.2, 0.25) is 0 Å². The van der Waals surface area contributed by atoms with Crippen molar-refractivity contribution in [1.82, 2.24) is 10.2 Å². The Morgan fingerprint density at radius 3 is 2.67 bits per heavy atom. The first-order valence-electron chi connectivity index (χ1n) is 6.51. The predicted octanol–water partition coefficient (Wildman–Crippen LogP) is 1.39. The fourth-order valence-corrected chi connectivity index (χ4v) is 3.41. The fraction of sp³-hybridized carbons (Fsp3) is 0.833. The molecule has 102 valence electrons. The maximum Gasteiger partial charge on any atom is 0.317 e. The average Bonchev–Trinajstić information content (AvgIpc) is 3.03. The third-order valence-corrected chi connectivity index (χ3v) is 4.61. The van der Waals surface area contributed by atoms with Crippen molar-refractivity contribution in [3.63, 3.8) is 0 Å². The lowest BCUT2D eigenvalue weighted by molar-refractivity contribution is -0.137. The zero-order chi connectivity index (χ0) is 13.0. The number of thioether (sulfide) groups is 1. The summed E-state index contributed by atoms with van der Waals surface area (Å²) >= 11 is 1.93. The van der Waals surface area contributed by atoms with E-state index < -0.39 is 5.97 Å². The van der Waals surface area contributed by atoms with Gasteiger partial charge >= 0.3 is 12.0 Å². The smallest absolute Gasteiger partial charge is 0.317 e. The van der Waals surface area contributed by atoms with Gasteiger partial charge in [0.05, 0.1) is 6.42 Å². The molecule has 0 aromatic rings. The number of carbonyl (C=O) groups is 2. The monoisotopic (exact) mass is 272 g/mol. The molecule has 5 nitrogen and oxygen atoms in total. The molecule has 2 amide bonds. The van der Waals surface area contributed by atoms with Crippen LogP contribution in [0.4, 0.5) is 4.79 Å². The van der Waals surface area contributed by atoms with E-state index in [0.717, 1.165) is 25.1 Å². The summed E-state index contributed by atoms with van der Waals surface area (Å²) in [5.41, 5.74) is 0. The second kappa shape index (κ2) is 6.31. The van der Waals surface area contributed by atoms with Gasteiger partial charge in [-0.1, -0.05) is 0 Å². The van der Waals surface area contributed by atoms with Gasteiger partial charge < -0.3 is 15.3 Å². The third-order valence-electron chi connectivity index (χ3n) is 3.38. The number of nitrogens with one attached hydrogen (secondary N) is 1. The summed E-state index contributed by atoms with van der Waals surface area (Å²) in [6, 6.07) is 0.179. The molecule has 1 atom stereocenters. The fourth-order valence-electron chi connectivity index (χ4n) is 2.13. The normalized spacial score (nSPS) is 22.8. The Balaban J connectivity index is 1.74. The highest BCUT2D eigenvalue weighted by Crippen LogP contribution is 2.27. The first-order chi connectivity index (χ1) is 8.66. The molecular weight excluding hydrogens is 252 g/mol. The molecule has 1 aliphatic heterocycles. The number of carboxylic acid groups (broad SMARTS) is 1. The van der Waals surface area contributed by atoms with Crippen molar-refractivity contribution in [2.24, 2.45) is 5.92 Å². The van der Waals surface area contributed by atoms with Gasteiger partial charge in [-0.25, -0.2) is 4.79 Å². The van der Waals surface area contributed by atoms with Crippen molar-refractivity contribution in [1.29, 1.82) is 0 Å². The number of hydrogen-bond donors (Lipinski definition) is 2. The van der Waals surface area contributed by atoms with Crippen molar-refractivity contribution in [2.45, 2.75) is 31.7 Å². The maximum atomic E-state index is 12.0. The van der Waals surface area contributed by atoms with Gasteiger partial charge in [-0.2, -0.15) is 11.8 Å². The van der Waals surface area contributed by atoms with Crippen LogP contribution in [-0.2, 0) is 4.79 Å². The van der Waals surface area contributed by atoms with Crippen LogP contribution >= 0.6 is 11.8 Å². The lowest BCUT2D eigenvalue weighted by atomic mass is 10.1. The van der Waals surface area contributed by atoms with Gasteiger partial charge in [-0.3, -0.25) is 4.79 Å². The van der Waals surface area contributed by atoms with E-state index in [1.807, 2.05) is 11.8 Å². The maximum absolute atomic E-state index is 12.0. The van der Waals surface area contributed by atoms with Gasteiger partial charge in [-0.15, -0.1) is 0 Å². The molecule has 0 bridgehead atoms. The summed E-state index contributed by atoms with van der Waals surface area (Å²) in [6.07, 6.45) is 3.21. The molecule has 0 aromatic heterocycles. The van der Waals surface area contributed by atoms with Crippen LogP contribution in [0, 0.1) is 5.92 Å². The summed E-state index contributed by atoms with van der Waals surface area (Å²) in [6.45, 7) is 1.05. The molecule has 2 N–H and O–H groups in total. The summed E-state index contributed by atoms with van der Waals surface area (Å²) < 4.78 is 0. The average molecular weight is 272 g/mol. The highest BCUT2D eigenvalue weighted by atomic mass is 32.2. The highest BCUT2D eigenvalue weighted by Gasteiger charge is 2.32. The Morgan fingerprint density at radius 2 is 2.11 bits per heavy atom. The molecule has 1 saturated heterocycles. The van der Waals surface area contributed by atoms with Crippen LogP contribution in [0.25, 0.3) is 0 Å². The molecule has 2 rings (SSSR count). The van der Waals surface area contributed by atoms with Gasteiger partial charge in [0.15, 0.2) is 0 Å². The van der Waals surface area contributed by atoms with E-state index in [4.69, 9.17) is 5.11 Å². The van der Waals surface area contributed by atoms with E-state index in [0.29, 0.717) is 12.5 Å². The molecule has 0 aromatic carbocycles. The molecular formula is C12H20N2O3S. The number of carbonyl (C=O) groups excluding carboxylic acids is 1.